The Morgan fingerprint density at radius 2 is 1.94 bits per heavy atom. The van der Waals surface area contributed by atoms with Crippen LogP contribution in [0.2, 0.25) is 5.02 Å². The van der Waals surface area contributed by atoms with Gasteiger partial charge < -0.3 is 11.1 Å². The topological polar surface area (TPSA) is 38.0 Å². The summed E-state index contributed by atoms with van der Waals surface area (Å²) in [6.45, 7) is 3.82. The predicted molar refractivity (Wildman–Crippen MR) is 72.2 cm³/mol. The molecule has 90 valence electrons. The number of anilines is 1. The molecule has 0 saturated carbocycles. The molecule has 0 spiro atoms. The van der Waals surface area contributed by atoms with Crippen molar-refractivity contribution >= 4 is 17.3 Å². The van der Waals surface area contributed by atoms with E-state index in [1.54, 1.807) is 0 Å². The Hall–Kier alpha value is -0.730. The van der Waals surface area contributed by atoms with Crippen LogP contribution in [0.5, 0.6) is 0 Å². The van der Waals surface area contributed by atoms with Crippen molar-refractivity contribution in [2.24, 2.45) is 5.73 Å². The zero-order valence-electron chi connectivity index (χ0n) is 9.93. The van der Waals surface area contributed by atoms with Crippen molar-refractivity contribution in [3.8, 4) is 0 Å². The minimum atomic E-state index is 0.807. The molecule has 0 bridgehead atoms. The molecule has 1 rings (SSSR count). The van der Waals surface area contributed by atoms with Crippen LogP contribution in [0.15, 0.2) is 18.2 Å². The van der Waals surface area contributed by atoms with Gasteiger partial charge in [-0.05, 0) is 44.0 Å². The molecule has 0 atom stereocenters. The fourth-order valence-corrected chi connectivity index (χ4v) is 1.74. The molecular formula is C13H21ClN2. The quantitative estimate of drug-likeness (QED) is 0.715. The first kappa shape index (κ1) is 13.3. The molecule has 3 N–H and O–H groups in total. The van der Waals surface area contributed by atoms with Gasteiger partial charge in [0.1, 0.15) is 0 Å². The second kappa shape index (κ2) is 7.53. The van der Waals surface area contributed by atoms with Crippen molar-refractivity contribution in [1.29, 1.82) is 0 Å². The summed E-state index contributed by atoms with van der Waals surface area (Å²) in [5, 5.41) is 4.20. The Kier molecular flexibility index (Phi) is 6.27. The highest BCUT2D eigenvalue weighted by molar-refractivity contribution is 6.31. The van der Waals surface area contributed by atoms with Gasteiger partial charge in [-0.1, -0.05) is 30.5 Å². The van der Waals surface area contributed by atoms with Crippen molar-refractivity contribution in [3.63, 3.8) is 0 Å². The van der Waals surface area contributed by atoms with Crippen molar-refractivity contribution in [2.75, 3.05) is 18.4 Å². The minimum absolute atomic E-state index is 0.807. The van der Waals surface area contributed by atoms with E-state index in [-0.39, 0.29) is 0 Å². The zero-order chi connectivity index (χ0) is 11.8. The predicted octanol–water partition coefficient (Wildman–Crippen LogP) is 3.58. The second-order valence-corrected chi connectivity index (χ2v) is 4.50. The average Bonchev–Trinajstić information content (AvgIpc) is 2.28. The van der Waals surface area contributed by atoms with E-state index in [0.717, 1.165) is 35.8 Å². The number of benzene rings is 1. The lowest BCUT2D eigenvalue weighted by Gasteiger charge is -2.07. The number of rotatable bonds is 7. The first-order chi connectivity index (χ1) is 7.74. The van der Waals surface area contributed by atoms with E-state index in [9.17, 15) is 0 Å². The summed E-state index contributed by atoms with van der Waals surface area (Å²) in [4.78, 5) is 0. The fourth-order valence-electron chi connectivity index (χ4n) is 1.56. The standard InChI is InChI=1S/C13H21ClN2/c1-11-6-7-12(10-13(11)14)16-9-5-3-2-4-8-15/h6-7,10,16H,2-5,8-9,15H2,1H3. The Labute approximate surface area is 103 Å². The number of nitrogens with two attached hydrogens (primary N) is 1. The highest BCUT2D eigenvalue weighted by Crippen LogP contribution is 2.19. The zero-order valence-corrected chi connectivity index (χ0v) is 10.7. The Morgan fingerprint density at radius 1 is 1.19 bits per heavy atom. The van der Waals surface area contributed by atoms with E-state index >= 15 is 0 Å². The lowest BCUT2D eigenvalue weighted by atomic mass is 10.2. The van der Waals surface area contributed by atoms with Gasteiger partial charge in [-0.25, -0.2) is 0 Å². The summed E-state index contributed by atoms with van der Waals surface area (Å²) in [5.41, 5.74) is 7.66. The number of nitrogens with one attached hydrogen (secondary N) is 1. The van der Waals surface area contributed by atoms with Gasteiger partial charge in [0, 0.05) is 17.3 Å². The smallest absolute Gasteiger partial charge is 0.0455 e. The van der Waals surface area contributed by atoms with Gasteiger partial charge in [-0.2, -0.15) is 0 Å². The van der Waals surface area contributed by atoms with Crippen molar-refractivity contribution in [2.45, 2.75) is 32.6 Å². The summed E-state index contributed by atoms with van der Waals surface area (Å²) in [6.07, 6.45) is 4.79. The van der Waals surface area contributed by atoms with Crippen LogP contribution in [0, 0.1) is 6.92 Å². The van der Waals surface area contributed by atoms with Gasteiger partial charge in [-0.15, -0.1) is 0 Å². The minimum Gasteiger partial charge on any atom is -0.385 e. The van der Waals surface area contributed by atoms with Gasteiger partial charge in [0.25, 0.3) is 0 Å². The highest BCUT2D eigenvalue weighted by atomic mass is 35.5. The molecule has 0 heterocycles. The number of unbranched alkanes of at least 4 members (excludes halogenated alkanes) is 3. The SMILES string of the molecule is Cc1ccc(NCCCCCCN)cc1Cl. The van der Waals surface area contributed by atoms with Crippen LogP contribution >= 0.6 is 11.6 Å². The molecule has 0 aliphatic heterocycles. The summed E-state index contributed by atoms with van der Waals surface area (Å²) < 4.78 is 0. The van der Waals surface area contributed by atoms with Crippen LogP contribution in [0.1, 0.15) is 31.2 Å². The largest absolute Gasteiger partial charge is 0.385 e. The van der Waals surface area contributed by atoms with Crippen LogP contribution in [-0.2, 0) is 0 Å². The highest BCUT2D eigenvalue weighted by Gasteiger charge is 1.97. The van der Waals surface area contributed by atoms with E-state index in [4.69, 9.17) is 17.3 Å². The third-order valence-electron chi connectivity index (χ3n) is 2.63. The van der Waals surface area contributed by atoms with Crippen molar-refractivity contribution < 1.29 is 0 Å². The lowest BCUT2D eigenvalue weighted by Crippen LogP contribution is -2.02. The molecule has 0 fully saturated rings. The van der Waals surface area contributed by atoms with Gasteiger partial charge in [0.15, 0.2) is 0 Å². The van der Waals surface area contributed by atoms with Crippen LogP contribution in [0.25, 0.3) is 0 Å². The third-order valence-corrected chi connectivity index (χ3v) is 3.04. The van der Waals surface area contributed by atoms with E-state index < -0.39 is 0 Å². The van der Waals surface area contributed by atoms with Crippen molar-refractivity contribution in [1.82, 2.24) is 0 Å². The van der Waals surface area contributed by atoms with Gasteiger partial charge in [0.05, 0.1) is 0 Å². The molecular weight excluding hydrogens is 220 g/mol. The number of halogens is 1. The molecule has 2 nitrogen and oxygen atoms in total. The van der Waals surface area contributed by atoms with Gasteiger partial charge in [0.2, 0.25) is 0 Å². The first-order valence-electron chi connectivity index (χ1n) is 5.94. The molecule has 0 aliphatic carbocycles. The summed E-state index contributed by atoms with van der Waals surface area (Å²) in [7, 11) is 0. The second-order valence-electron chi connectivity index (χ2n) is 4.09. The van der Waals surface area contributed by atoms with Crippen molar-refractivity contribution in [3.05, 3.63) is 28.8 Å². The van der Waals surface area contributed by atoms with Gasteiger partial charge >= 0.3 is 0 Å². The van der Waals surface area contributed by atoms with E-state index in [1.807, 2.05) is 19.1 Å². The third kappa shape index (κ3) is 4.86. The molecule has 16 heavy (non-hydrogen) atoms. The lowest BCUT2D eigenvalue weighted by molar-refractivity contribution is 0.661. The molecule has 0 saturated heterocycles. The average molecular weight is 241 g/mol. The molecule has 0 unspecified atom stereocenters. The number of hydrogen-bond donors (Lipinski definition) is 2. The molecule has 0 aliphatic rings. The maximum atomic E-state index is 6.04. The summed E-state index contributed by atoms with van der Waals surface area (Å²) in [6, 6.07) is 6.09. The summed E-state index contributed by atoms with van der Waals surface area (Å²) >= 11 is 6.04. The van der Waals surface area contributed by atoms with Crippen LogP contribution in [-0.4, -0.2) is 13.1 Å². The molecule has 0 radical (unpaired) electrons. The molecule has 0 amide bonds. The summed E-state index contributed by atoms with van der Waals surface area (Å²) in [5.74, 6) is 0. The molecule has 1 aromatic carbocycles. The Balaban J connectivity index is 2.19. The van der Waals surface area contributed by atoms with Gasteiger partial charge in [-0.3, -0.25) is 0 Å². The normalized spacial score (nSPS) is 10.4. The Morgan fingerprint density at radius 3 is 2.62 bits per heavy atom. The first-order valence-corrected chi connectivity index (χ1v) is 6.32. The molecule has 3 heteroatoms. The van der Waals surface area contributed by atoms with E-state index in [2.05, 4.69) is 11.4 Å². The van der Waals surface area contributed by atoms with Crippen LogP contribution in [0.4, 0.5) is 5.69 Å². The van der Waals surface area contributed by atoms with E-state index in [0.29, 0.717) is 0 Å². The maximum absolute atomic E-state index is 6.04. The fraction of sp³-hybridized carbons (Fsp3) is 0.538. The molecule has 1 aromatic rings. The number of aryl methyl sites for hydroxylation is 1. The maximum Gasteiger partial charge on any atom is 0.0455 e. The number of hydrogen-bond acceptors (Lipinski definition) is 2. The van der Waals surface area contributed by atoms with Crippen LogP contribution < -0.4 is 11.1 Å². The monoisotopic (exact) mass is 240 g/mol. The van der Waals surface area contributed by atoms with Crippen LogP contribution in [0.3, 0.4) is 0 Å². The molecule has 0 aromatic heterocycles. The van der Waals surface area contributed by atoms with E-state index in [1.165, 1.54) is 19.3 Å². The Bertz CT molecular complexity index is 313.